The van der Waals surface area contributed by atoms with E-state index >= 15 is 0 Å². The lowest BCUT2D eigenvalue weighted by Crippen LogP contribution is -1.94. The first-order valence-electron chi connectivity index (χ1n) is 6.18. The van der Waals surface area contributed by atoms with Crippen LogP contribution in [0.5, 0.6) is 0 Å². The van der Waals surface area contributed by atoms with Crippen LogP contribution in [-0.4, -0.2) is 15.8 Å². The lowest BCUT2D eigenvalue weighted by atomic mass is 10.1. The van der Waals surface area contributed by atoms with Gasteiger partial charge in [0.1, 0.15) is 12.1 Å². The van der Waals surface area contributed by atoms with Gasteiger partial charge in [-0.25, -0.2) is 4.98 Å². The topological polar surface area (TPSA) is 34.9 Å². The van der Waals surface area contributed by atoms with Crippen LogP contribution in [0.4, 0.5) is 0 Å². The summed E-state index contributed by atoms with van der Waals surface area (Å²) in [5.74, 6) is 0.927. The molecular weight excluding hydrogens is 236 g/mol. The molecule has 0 atom stereocenters. The fraction of sp³-hybridized carbons (Fsp3) is 0.125. The quantitative estimate of drug-likeness (QED) is 0.654. The molecule has 0 fully saturated rings. The molecular formula is C16H14N2O. The second-order valence-electron chi connectivity index (χ2n) is 4.68. The maximum absolute atomic E-state index is 10.9. The number of hydrogen-bond acceptors (Lipinski definition) is 2. The maximum atomic E-state index is 10.9. The fourth-order valence-corrected chi connectivity index (χ4v) is 2.34. The van der Waals surface area contributed by atoms with Crippen LogP contribution in [-0.2, 0) is 7.05 Å². The summed E-state index contributed by atoms with van der Waals surface area (Å²) in [7, 11) is 1.98. The third kappa shape index (κ3) is 1.83. The van der Waals surface area contributed by atoms with Crippen molar-refractivity contribution in [1.29, 1.82) is 0 Å². The lowest BCUT2D eigenvalue weighted by Gasteiger charge is -2.05. The normalized spacial score (nSPS) is 10.8. The molecule has 0 saturated carbocycles. The Morgan fingerprint density at radius 1 is 1.16 bits per heavy atom. The van der Waals surface area contributed by atoms with E-state index in [1.54, 1.807) is 6.07 Å². The van der Waals surface area contributed by atoms with Gasteiger partial charge in [0, 0.05) is 18.2 Å². The predicted octanol–water partition coefficient (Wildman–Crippen LogP) is 3.36. The summed E-state index contributed by atoms with van der Waals surface area (Å²) in [5.41, 5.74) is 4.87. The lowest BCUT2D eigenvalue weighted by molar-refractivity contribution is 0.112. The summed E-state index contributed by atoms with van der Waals surface area (Å²) < 4.78 is 2.03. The first-order chi connectivity index (χ1) is 9.20. The van der Waals surface area contributed by atoms with Crippen LogP contribution in [0.25, 0.3) is 22.4 Å². The second kappa shape index (κ2) is 4.35. The Morgan fingerprint density at radius 2 is 1.95 bits per heavy atom. The van der Waals surface area contributed by atoms with E-state index < -0.39 is 0 Å². The molecule has 1 heterocycles. The molecule has 0 spiro atoms. The first kappa shape index (κ1) is 11.7. The summed E-state index contributed by atoms with van der Waals surface area (Å²) in [6.07, 6.45) is 0.861. The van der Waals surface area contributed by atoms with Crippen LogP contribution in [0, 0.1) is 6.92 Å². The molecule has 0 bridgehead atoms. The Hall–Kier alpha value is -2.42. The smallest absolute Gasteiger partial charge is 0.150 e. The van der Waals surface area contributed by atoms with Crippen molar-refractivity contribution < 1.29 is 4.79 Å². The van der Waals surface area contributed by atoms with Gasteiger partial charge in [0.15, 0.2) is 0 Å². The molecule has 2 aromatic carbocycles. The van der Waals surface area contributed by atoms with Crippen LogP contribution in [0.3, 0.4) is 0 Å². The standard InChI is InChI=1S/C16H14N2O/c1-11-5-3-4-6-13(11)16-17-14-8-7-12(10-19)9-15(14)18(16)2/h3-10H,1-2H3. The summed E-state index contributed by atoms with van der Waals surface area (Å²) in [6.45, 7) is 2.07. The zero-order valence-electron chi connectivity index (χ0n) is 10.9. The van der Waals surface area contributed by atoms with E-state index in [1.807, 2.05) is 35.9 Å². The minimum absolute atomic E-state index is 0.673. The highest BCUT2D eigenvalue weighted by atomic mass is 16.1. The van der Waals surface area contributed by atoms with Gasteiger partial charge in [-0.1, -0.05) is 24.3 Å². The molecule has 0 amide bonds. The van der Waals surface area contributed by atoms with Gasteiger partial charge >= 0.3 is 0 Å². The third-order valence-corrected chi connectivity index (χ3v) is 3.43. The molecule has 0 radical (unpaired) electrons. The van der Waals surface area contributed by atoms with Gasteiger partial charge in [-0.3, -0.25) is 4.79 Å². The van der Waals surface area contributed by atoms with Crippen LogP contribution in [0.2, 0.25) is 0 Å². The summed E-state index contributed by atoms with van der Waals surface area (Å²) in [5, 5.41) is 0. The van der Waals surface area contributed by atoms with Gasteiger partial charge in [-0.15, -0.1) is 0 Å². The van der Waals surface area contributed by atoms with Crippen molar-refractivity contribution in [1.82, 2.24) is 9.55 Å². The van der Waals surface area contributed by atoms with Crippen molar-refractivity contribution in [3.8, 4) is 11.4 Å². The number of benzene rings is 2. The summed E-state index contributed by atoms with van der Waals surface area (Å²) in [4.78, 5) is 15.5. The molecule has 94 valence electrons. The van der Waals surface area contributed by atoms with E-state index in [0.29, 0.717) is 5.56 Å². The average molecular weight is 250 g/mol. The van der Waals surface area contributed by atoms with Crippen molar-refractivity contribution in [2.75, 3.05) is 0 Å². The molecule has 0 N–H and O–H groups in total. The zero-order chi connectivity index (χ0) is 13.4. The molecule has 0 aliphatic carbocycles. The molecule has 0 unspecified atom stereocenters. The number of nitrogens with zero attached hydrogens (tertiary/aromatic N) is 2. The number of aryl methyl sites for hydroxylation is 2. The highest BCUT2D eigenvalue weighted by Crippen LogP contribution is 2.26. The van der Waals surface area contributed by atoms with Gasteiger partial charge in [0.05, 0.1) is 11.0 Å². The third-order valence-electron chi connectivity index (χ3n) is 3.43. The van der Waals surface area contributed by atoms with Gasteiger partial charge < -0.3 is 4.57 Å². The first-order valence-corrected chi connectivity index (χ1v) is 6.18. The second-order valence-corrected chi connectivity index (χ2v) is 4.68. The van der Waals surface area contributed by atoms with Crippen LogP contribution >= 0.6 is 0 Å². The number of imidazole rings is 1. The van der Waals surface area contributed by atoms with E-state index in [-0.39, 0.29) is 0 Å². The van der Waals surface area contributed by atoms with E-state index in [1.165, 1.54) is 5.56 Å². The molecule has 0 aliphatic heterocycles. The van der Waals surface area contributed by atoms with Crippen molar-refractivity contribution in [3.05, 3.63) is 53.6 Å². The van der Waals surface area contributed by atoms with Crippen molar-refractivity contribution in [2.24, 2.45) is 7.05 Å². The number of fused-ring (bicyclic) bond motifs is 1. The summed E-state index contributed by atoms with van der Waals surface area (Å²) >= 11 is 0. The van der Waals surface area contributed by atoms with Gasteiger partial charge in [-0.2, -0.15) is 0 Å². The Labute approximate surface area is 111 Å². The van der Waals surface area contributed by atoms with E-state index in [4.69, 9.17) is 0 Å². The molecule has 0 aliphatic rings. The maximum Gasteiger partial charge on any atom is 0.150 e. The number of rotatable bonds is 2. The van der Waals surface area contributed by atoms with Crippen molar-refractivity contribution in [2.45, 2.75) is 6.92 Å². The van der Waals surface area contributed by atoms with E-state index in [2.05, 4.69) is 24.0 Å². The van der Waals surface area contributed by atoms with E-state index in [9.17, 15) is 4.79 Å². The highest BCUT2D eigenvalue weighted by molar-refractivity contribution is 5.87. The number of aromatic nitrogens is 2. The summed E-state index contributed by atoms with van der Waals surface area (Å²) in [6, 6.07) is 13.7. The molecule has 3 rings (SSSR count). The monoisotopic (exact) mass is 250 g/mol. The van der Waals surface area contributed by atoms with Crippen LogP contribution in [0.15, 0.2) is 42.5 Å². The number of aldehydes is 1. The molecule has 3 nitrogen and oxygen atoms in total. The van der Waals surface area contributed by atoms with Crippen molar-refractivity contribution in [3.63, 3.8) is 0 Å². The SMILES string of the molecule is Cc1ccccc1-c1nc2ccc(C=O)cc2n1C. The van der Waals surface area contributed by atoms with Gasteiger partial charge in [0.2, 0.25) is 0 Å². The molecule has 3 aromatic rings. The minimum Gasteiger partial charge on any atom is -0.327 e. The number of carbonyl (C=O) groups excluding carboxylic acids is 1. The minimum atomic E-state index is 0.673. The largest absolute Gasteiger partial charge is 0.327 e. The molecule has 1 aromatic heterocycles. The number of hydrogen-bond donors (Lipinski definition) is 0. The number of carbonyl (C=O) groups is 1. The Bertz CT molecular complexity index is 772. The zero-order valence-corrected chi connectivity index (χ0v) is 10.9. The average Bonchev–Trinajstić information content (AvgIpc) is 2.76. The fourth-order valence-electron chi connectivity index (χ4n) is 2.34. The predicted molar refractivity (Wildman–Crippen MR) is 76.3 cm³/mol. The molecule has 0 saturated heterocycles. The van der Waals surface area contributed by atoms with Gasteiger partial charge in [0.25, 0.3) is 0 Å². The van der Waals surface area contributed by atoms with Crippen LogP contribution < -0.4 is 0 Å². The van der Waals surface area contributed by atoms with Gasteiger partial charge in [-0.05, 0) is 30.7 Å². The Morgan fingerprint density at radius 3 is 2.68 bits per heavy atom. The Kier molecular flexibility index (Phi) is 2.67. The molecule has 19 heavy (non-hydrogen) atoms. The van der Waals surface area contributed by atoms with E-state index in [0.717, 1.165) is 28.7 Å². The van der Waals surface area contributed by atoms with Crippen LogP contribution in [0.1, 0.15) is 15.9 Å². The highest BCUT2D eigenvalue weighted by Gasteiger charge is 2.11. The molecule has 3 heteroatoms. The van der Waals surface area contributed by atoms with Crippen molar-refractivity contribution >= 4 is 17.3 Å². The Balaban J connectivity index is 2.29.